The highest BCUT2D eigenvalue weighted by Gasteiger charge is 2.28. The summed E-state index contributed by atoms with van der Waals surface area (Å²) in [5.41, 5.74) is 7.23. The predicted octanol–water partition coefficient (Wildman–Crippen LogP) is 4.22. The average molecular weight is 346 g/mol. The van der Waals surface area contributed by atoms with Gasteiger partial charge in [-0.2, -0.15) is 0 Å². The summed E-state index contributed by atoms with van der Waals surface area (Å²) >= 11 is 9.75. The number of rotatable bonds is 5. The van der Waals surface area contributed by atoms with Gasteiger partial charge >= 0.3 is 0 Å². The Balaban J connectivity index is 2.14. The third kappa shape index (κ3) is 3.72. The zero-order chi connectivity index (χ0) is 13.8. The highest BCUT2D eigenvalue weighted by atomic mass is 79.9. The summed E-state index contributed by atoms with van der Waals surface area (Å²) in [7, 11) is 0. The summed E-state index contributed by atoms with van der Waals surface area (Å²) in [6, 6.07) is 6.23. The van der Waals surface area contributed by atoms with Crippen molar-refractivity contribution in [3.8, 4) is 0 Å². The third-order valence-corrected chi connectivity index (χ3v) is 4.95. The molecule has 0 aromatic heterocycles. The quantitative estimate of drug-likeness (QED) is 0.865. The maximum absolute atomic E-state index is 6.12. The molecular formula is C15H22BrClN2. The number of halogens is 2. The van der Waals surface area contributed by atoms with E-state index in [1.165, 1.54) is 24.8 Å². The van der Waals surface area contributed by atoms with Gasteiger partial charge in [0.05, 0.1) is 0 Å². The third-order valence-electron chi connectivity index (χ3n) is 4.00. The molecule has 0 bridgehead atoms. The molecule has 2 unspecified atom stereocenters. The van der Waals surface area contributed by atoms with Crippen LogP contribution in [0.25, 0.3) is 0 Å². The molecule has 106 valence electrons. The fraction of sp³-hybridized carbons (Fsp3) is 0.600. The number of nitrogens with two attached hydrogens (primary N) is 1. The minimum atomic E-state index is 0.273. The molecule has 1 heterocycles. The fourth-order valence-electron chi connectivity index (χ4n) is 3.03. The van der Waals surface area contributed by atoms with Crippen LogP contribution < -0.4 is 5.73 Å². The van der Waals surface area contributed by atoms with Crippen molar-refractivity contribution in [3.63, 3.8) is 0 Å². The lowest BCUT2D eigenvalue weighted by Gasteiger charge is -2.28. The Bertz CT molecular complexity index is 425. The van der Waals surface area contributed by atoms with E-state index in [9.17, 15) is 0 Å². The van der Waals surface area contributed by atoms with Crippen LogP contribution in [-0.4, -0.2) is 24.5 Å². The lowest BCUT2D eigenvalue weighted by atomic mass is 10.0. The van der Waals surface area contributed by atoms with E-state index >= 15 is 0 Å². The smallest absolute Gasteiger partial charge is 0.0482 e. The summed E-state index contributed by atoms with van der Waals surface area (Å²) in [5, 5.41) is 0.779. The van der Waals surface area contributed by atoms with E-state index in [0.717, 1.165) is 28.5 Å². The molecule has 1 aromatic rings. The van der Waals surface area contributed by atoms with E-state index in [0.29, 0.717) is 6.54 Å². The highest BCUT2D eigenvalue weighted by molar-refractivity contribution is 9.10. The van der Waals surface area contributed by atoms with Crippen molar-refractivity contribution in [1.29, 1.82) is 0 Å². The monoisotopic (exact) mass is 344 g/mol. The Morgan fingerprint density at radius 1 is 1.53 bits per heavy atom. The minimum absolute atomic E-state index is 0.273. The number of likely N-dealkylation sites (tertiary alicyclic amines) is 1. The summed E-state index contributed by atoms with van der Waals surface area (Å²) in [6.45, 7) is 5.20. The van der Waals surface area contributed by atoms with Gasteiger partial charge in [-0.3, -0.25) is 4.90 Å². The van der Waals surface area contributed by atoms with Gasteiger partial charge in [0.2, 0.25) is 0 Å². The molecule has 0 radical (unpaired) electrons. The van der Waals surface area contributed by atoms with Crippen LogP contribution in [-0.2, 0) is 0 Å². The molecule has 0 saturated carbocycles. The molecule has 4 heteroatoms. The first kappa shape index (κ1) is 15.3. The molecule has 0 spiro atoms. The van der Waals surface area contributed by atoms with Crippen LogP contribution in [0.4, 0.5) is 0 Å². The molecule has 0 amide bonds. The van der Waals surface area contributed by atoms with Crippen molar-refractivity contribution in [1.82, 2.24) is 4.90 Å². The van der Waals surface area contributed by atoms with Gasteiger partial charge in [-0.1, -0.05) is 40.9 Å². The second-order valence-electron chi connectivity index (χ2n) is 5.36. The molecule has 19 heavy (non-hydrogen) atoms. The zero-order valence-corrected chi connectivity index (χ0v) is 13.8. The SMILES string of the molecule is CCCC1CCN(C(CN)c2cc(Cl)ccc2Br)C1. The second kappa shape index (κ2) is 7.07. The normalized spacial score (nSPS) is 21.8. The predicted molar refractivity (Wildman–Crippen MR) is 85.5 cm³/mol. The van der Waals surface area contributed by atoms with Gasteiger partial charge in [0.25, 0.3) is 0 Å². The molecule has 1 aliphatic rings. The first-order chi connectivity index (χ1) is 9.15. The van der Waals surface area contributed by atoms with Gasteiger partial charge < -0.3 is 5.73 Å². The van der Waals surface area contributed by atoms with E-state index in [1.807, 2.05) is 18.2 Å². The zero-order valence-electron chi connectivity index (χ0n) is 11.4. The summed E-state index contributed by atoms with van der Waals surface area (Å²) in [6.07, 6.45) is 3.89. The molecule has 1 fully saturated rings. The standard InChI is InChI=1S/C15H22BrClN2/c1-2-3-11-6-7-19(10-11)15(9-18)13-8-12(17)4-5-14(13)16/h4-5,8,11,15H,2-3,6-7,9-10,18H2,1H3. The molecule has 2 atom stereocenters. The van der Waals surface area contributed by atoms with Crippen molar-refractivity contribution in [2.45, 2.75) is 32.2 Å². The molecule has 1 aromatic carbocycles. The largest absolute Gasteiger partial charge is 0.329 e. The van der Waals surface area contributed by atoms with Gasteiger partial charge in [-0.05, 0) is 49.1 Å². The Kier molecular flexibility index (Phi) is 5.70. The first-order valence-electron chi connectivity index (χ1n) is 7.04. The van der Waals surface area contributed by atoms with Crippen LogP contribution in [0.15, 0.2) is 22.7 Å². The molecular weight excluding hydrogens is 324 g/mol. The van der Waals surface area contributed by atoms with Crippen molar-refractivity contribution >= 4 is 27.5 Å². The van der Waals surface area contributed by atoms with Gasteiger partial charge in [-0.25, -0.2) is 0 Å². The van der Waals surface area contributed by atoms with Crippen LogP contribution in [0.2, 0.25) is 5.02 Å². The van der Waals surface area contributed by atoms with Gasteiger partial charge in [0.1, 0.15) is 0 Å². The number of hydrogen-bond donors (Lipinski definition) is 1. The minimum Gasteiger partial charge on any atom is -0.329 e. The van der Waals surface area contributed by atoms with E-state index in [-0.39, 0.29) is 6.04 Å². The molecule has 0 aliphatic carbocycles. The summed E-state index contributed by atoms with van der Waals surface area (Å²) in [4.78, 5) is 2.51. The van der Waals surface area contributed by atoms with Gasteiger partial charge in [0.15, 0.2) is 0 Å². The van der Waals surface area contributed by atoms with Crippen molar-refractivity contribution in [2.75, 3.05) is 19.6 Å². The number of nitrogens with zero attached hydrogens (tertiary/aromatic N) is 1. The van der Waals surface area contributed by atoms with Crippen LogP contribution in [0.1, 0.15) is 37.8 Å². The molecule has 2 rings (SSSR count). The Morgan fingerprint density at radius 3 is 3.00 bits per heavy atom. The Morgan fingerprint density at radius 2 is 2.32 bits per heavy atom. The molecule has 1 aliphatic heterocycles. The van der Waals surface area contributed by atoms with Crippen LogP contribution in [0.3, 0.4) is 0 Å². The Labute approximate surface area is 129 Å². The maximum Gasteiger partial charge on any atom is 0.0482 e. The first-order valence-corrected chi connectivity index (χ1v) is 8.21. The van der Waals surface area contributed by atoms with Crippen LogP contribution in [0.5, 0.6) is 0 Å². The number of benzene rings is 1. The molecule has 2 nitrogen and oxygen atoms in total. The molecule has 2 N–H and O–H groups in total. The lowest BCUT2D eigenvalue weighted by Crippen LogP contribution is -2.32. The van der Waals surface area contributed by atoms with Crippen molar-refractivity contribution in [2.24, 2.45) is 11.7 Å². The topological polar surface area (TPSA) is 29.3 Å². The fourth-order valence-corrected chi connectivity index (χ4v) is 3.72. The second-order valence-corrected chi connectivity index (χ2v) is 6.65. The van der Waals surface area contributed by atoms with E-state index in [2.05, 4.69) is 27.8 Å². The average Bonchev–Trinajstić information content (AvgIpc) is 2.83. The van der Waals surface area contributed by atoms with Gasteiger partial charge in [0, 0.05) is 28.6 Å². The summed E-state index contributed by atoms with van der Waals surface area (Å²) in [5.74, 6) is 0.831. The Hall–Kier alpha value is -0.0900. The maximum atomic E-state index is 6.12. The van der Waals surface area contributed by atoms with E-state index < -0.39 is 0 Å². The summed E-state index contributed by atoms with van der Waals surface area (Å²) < 4.78 is 1.10. The number of hydrogen-bond acceptors (Lipinski definition) is 2. The highest BCUT2D eigenvalue weighted by Crippen LogP contribution is 2.33. The van der Waals surface area contributed by atoms with Crippen molar-refractivity contribution < 1.29 is 0 Å². The van der Waals surface area contributed by atoms with Gasteiger partial charge in [-0.15, -0.1) is 0 Å². The van der Waals surface area contributed by atoms with E-state index in [1.54, 1.807) is 0 Å². The van der Waals surface area contributed by atoms with Crippen molar-refractivity contribution in [3.05, 3.63) is 33.3 Å². The van der Waals surface area contributed by atoms with Crippen LogP contribution in [0, 0.1) is 5.92 Å². The van der Waals surface area contributed by atoms with E-state index in [4.69, 9.17) is 17.3 Å². The van der Waals surface area contributed by atoms with Crippen LogP contribution >= 0.6 is 27.5 Å². The lowest BCUT2D eigenvalue weighted by molar-refractivity contribution is 0.239. The molecule has 1 saturated heterocycles.